The minimum atomic E-state index is -1.38. The second kappa shape index (κ2) is 31.3. The van der Waals surface area contributed by atoms with Gasteiger partial charge in [-0.15, -0.1) is 12.4 Å². The van der Waals surface area contributed by atoms with Crippen molar-refractivity contribution in [3.63, 3.8) is 0 Å². The van der Waals surface area contributed by atoms with Crippen LogP contribution in [0.25, 0.3) is 16.9 Å². The van der Waals surface area contributed by atoms with Crippen LogP contribution in [0.15, 0.2) is 42.5 Å². The maximum absolute atomic E-state index is 14.5. The van der Waals surface area contributed by atoms with Crippen molar-refractivity contribution >= 4 is 54.0 Å². The van der Waals surface area contributed by atoms with Gasteiger partial charge in [-0.2, -0.15) is 5.10 Å². The summed E-state index contributed by atoms with van der Waals surface area (Å²) in [7, 11) is 8.55. The summed E-state index contributed by atoms with van der Waals surface area (Å²) in [4.78, 5) is 102. The summed E-state index contributed by atoms with van der Waals surface area (Å²) in [5, 5.41) is 53.4. The largest absolute Gasteiger partial charge is 3.00 e. The molecule has 0 unspecified atom stereocenters. The standard InChI is InChI=1S/C58H84N10O13.ClH.Lu/c1-38(2)44-32-41(13-14-46(44)68-47(54-48(80-6)11-8-12-49(54)81-7)33-45(60-68)55(76)59-58(57(78)79)42-28-39-27-40(30-42)31-43(58)29-39)56(77)63(5)18-10-16-61(3)15-9-17-62(4)50(69)34-64-19-21-65(35-51(70)71)23-25-67(37-53(74)75)26-24-66(22-20-64)36-52(72)73;;/h8,11-14,32-33,38-40,42-43H,9-10,15-31,34-37H2,1-7H3,(H,59,76)(H,70,71)(H,72,73)(H,74,75)(H,78,79);1H;/q;;+3/p-3. The summed E-state index contributed by atoms with van der Waals surface area (Å²) >= 11 is 0. The van der Waals surface area contributed by atoms with Gasteiger partial charge in [-0.1, -0.05) is 19.9 Å². The zero-order chi connectivity index (χ0) is 58.7. The predicted octanol–water partition coefficient (Wildman–Crippen LogP) is -0.175. The van der Waals surface area contributed by atoms with Gasteiger partial charge in [0, 0.05) is 105 Å². The first-order valence-electron chi connectivity index (χ1n) is 28.3. The summed E-state index contributed by atoms with van der Waals surface area (Å²) in [6.07, 6.45) is 5.58. The molecule has 83 heavy (non-hydrogen) atoms. The van der Waals surface area contributed by atoms with E-state index in [2.05, 4.69) is 10.2 Å². The minimum Gasteiger partial charge on any atom is -0.549 e. The molecule has 3 aromatic rings. The van der Waals surface area contributed by atoms with E-state index in [1.165, 1.54) is 0 Å². The Hall–Kier alpha value is -5.14. The molecule has 1 saturated heterocycles. The third-order valence-corrected chi connectivity index (χ3v) is 17.0. The van der Waals surface area contributed by atoms with Crippen molar-refractivity contribution in [1.29, 1.82) is 0 Å². The number of nitrogens with one attached hydrogen (secondary N) is 1. The van der Waals surface area contributed by atoms with Crippen LogP contribution < -0.4 is 30.1 Å². The van der Waals surface area contributed by atoms with Gasteiger partial charge in [0.05, 0.1) is 55.6 Å². The average Bonchev–Trinajstić information content (AvgIpc) is 3.26. The predicted molar refractivity (Wildman–Crippen MR) is 300 cm³/mol. The number of hydrogen-bond donors (Lipinski definition) is 2. The van der Waals surface area contributed by atoms with Gasteiger partial charge < -0.3 is 64.3 Å². The van der Waals surface area contributed by atoms with Gasteiger partial charge in [-0.05, 0) is 137 Å². The molecule has 0 spiro atoms. The van der Waals surface area contributed by atoms with Gasteiger partial charge in [-0.3, -0.25) is 34.0 Å². The summed E-state index contributed by atoms with van der Waals surface area (Å²) in [6.45, 7) is 7.08. The Kier molecular flexibility index (Phi) is 25.9. The van der Waals surface area contributed by atoms with Crippen molar-refractivity contribution in [2.75, 3.05) is 140 Å². The molecule has 0 radical (unpaired) electrons. The van der Waals surface area contributed by atoms with Crippen LogP contribution in [0.5, 0.6) is 11.5 Å². The molecule has 8 rings (SSSR count). The number of carbonyl (C=O) groups excluding carboxylic acids is 6. The molecular formula is C58H82ClLuN10O13. The second-order valence-corrected chi connectivity index (χ2v) is 23.0. The monoisotopic (exact) mass is 1340 g/mol. The van der Waals surface area contributed by atoms with Crippen molar-refractivity contribution in [2.24, 2.45) is 23.7 Å². The molecule has 2 N–H and O–H groups in total. The number of carboxylic acid groups (broad SMARTS) is 4. The molecule has 3 amide bonds. The number of halogens is 1. The second-order valence-electron chi connectivity index (χ2n) is 23.0. The van der Waals surface area contributed by atoms with E-state index in [0.717, 1.165) is 37.7 Å². The van der Waals surface area contributed by atoms with Crippen molar-refractivity contribution in [2.45, 2.75) is 70.3 Å². The normalized spacial score (nSPS) is 21.5. The average molecular weight is 1340 g/mol. The van der Waals surface area contributed by atoms with E-state index in [0.29, 0.717) is 98.0 Å². The maximum atomic E-state index is 14.5. The van der Waals surface area contributed by atoms with E-state index in [1.54, 1.807) is 87.8 Å². The number of amides is 3. The topological polar surface area (TPSA) is 280 Å². The van der Waals surface area contributed by atoms with Crippen LogP contribution in [0, 0.1) is 60.5 Å². The van der Waals surface area contributed by atoms with E-state index >= 15 is 0 Å². The van der Waals surface area contributed by atoms with Crippen molar-refractivity contribution in [1.82, 2.24) is 49.4 Å². The Morgan fingerprint density at radius 1 is 0.675 bits per heavy atom. The van der Waals surface area contributed by atoms with E-state index in [-0.39, 0.29) is 143 Å². The molecule has 0 atom stereocenters. The van der Waals surface area contributed by atoms with E-state index in [4.69, 9.17) is 14.6 Å². The molecule has 5 aliphatic rings. The summed E-state index contributed by atoms with van der Waals surface area (Å²) in [5.41, 5.74) is 1.56. The summed E-state index contributed by atoms with van der Waals surface area (Å²) < 4.78 is 13.3. The van der Waals surface area contributed by atoms with Crippen LogP contribution in [-0.2, 0) is 24.0 Å². The quantitative estimate of drug-likeness (QED) is 0.111. The molecule has 4 bridgehead atoms. The Bertz CT molecular complexity index is 2670. The van der Waals surface area contributed by atoms with Gasteiger partial charge in [0.1, 0.15) is 17.0 Å². The zero-order valence-corrected chi connectivity index (χ0v) is 51.2. The van der Waals surface area contributed by atoms with Gasteiger partial charge in [-0.25, -0.2) is 9.48 Å². The van der Waals surface area contributed by atoms with Crippen LogP contribution in [0.2, 0.25) is 0 Å². The van der Waals surface area contributed by atoms with Crippen LogP contribution in [-0.4, -0.2) is 236 Å². The molecule has 5 fully saturated rings. The fourth-order valence-electron chi connectivity index (χ4n) is 12.9. The fourth-order valence-corrected chi connectivity index (χ4v) is 12.9. The number of aromatic nitrogens is 2. The molecule has 2 aromatic carbocycles. The number of benzene rings is 2. The number of hydrogen-bond acceptors (Lipinski definition) is 18. The molecule has 2 heterocycles. The van der Waals surface area contributed by atoms with Crippen LogP contribution in [0.3, 0.4) is 0 Å². The van der Waals surface area contributed by atoms with Gasteiger partial charge in [0.25, 0.3) is 11.8 Å². The Morgan fingerprint density at radius 2 is 1.13 bits per heavy atom. The number of likely N-dealkylation sites (N-methyl/N-ethyl adjacent to an activating group) is 1. The summed E-state index contributed by atoms with van der Waals surface area (Å²) in [5.74, 6) is -4.29. The van der Waals surface area contributed by atoms with Crippen molar-refractivity contribution in [3.05, 3.63) is 59.3 Å². The molecule has 464 valence electrons. The number of methoxy groups -OCH3 is 2. The zero-order valence-electron chi connectivity index (χ0n) is 48.7. The number of carbonyl (C=O) groups is 7. The molecule has 1 aromatic heterocycles. The number of aliphatic carboxylic acids is 4. The molecule has 25 heteroatoms. The Morgan fingerprint density at radius 3 is 1.57 bits per heavy atom. The van der Waals surface area contributed by atoms with Crippen molar-refractivity contribution in [3.8, 4) is 28.4 Å². The number of rotatable bonds is 25. The van der Waals surface area contributed by atoms with E-state index in [1.807, 2.05) is 37.9 Å². The molecule has 23 nitrogen and oxygen atoms in total. The van der Waals surface area contributed by atoms with Gasteiger partial charge in [0.15, 0.2) is 5.69 Å². The maximum Gasteiger partial charge on any atom is 3.00 e. The van der Waals surface area contributed by atoms with Crippen LogP contribution in [0.4, 0.5) is 0 Å². The smallest absolute Gasteiger partial charge is 0.549 e. The van der Waals surface area contributed by atoms with Gasteiger partial charge in [0.2, 0.25) is 5.91 Å². The number of nitrogens with zero attached hydrogens (tertiary/aromatic N) is 9. The molecule has 4 saturated carbocycles. The first-order chi connectivity index (χ1) is 38.6. The molecule has 1 aliphatic heterocycles. The Balaban J connectivity index is 0.00000631. The Labute approximate surface area is 522 Å². The third-order valence-electron chi connectivity index (χ3n) is 17.0. The molecular weight excluding hydrogens is 1260 g/mol. The van der Waals surface area contributed by atoms with Gasteiger partial charge >= 0.3 is 42.8 Å². The fraction of sp³-hybridized carbons (Fsp3) is 0.621. The first-order valence-corrected chi connectivity index (χ1v) is 28.3. The van der Waals surface area contributed by atoms with E-state index in [9.17, 15) is 54.0 Å². The molecule has 4 aliphatic carbocycles. The van der Waals surface area contributed by atoms with Crippen LogP contribution in [0.1, 0.15) is 91.1 Å². The van der Waals surface area contributed by atoms with E-state index < -0.39 is 41.9 Å². The number of carboxylic acids is 4. The third kappa shape index (κ3) is 17.5. The first kappa shape index (κ1) is 68.6. The SMILES string of the molecule is COc1cccc(OC)c1-c1cc(C(=O)NC2(C(=O)O)C3CC4CC(C3)CC2C4)nn1-c1ccc(C(=O)N(C)CCCN(C)CCCN(C)C(=O)CN2CCN(CC(=O)[O-])CCN(CC(=O)[O-])CCN(CC(=O)[O-])CC2)cc1C(C)C.Cl.[Lu+3]. The van der Waals surface area contributed by atoms with Crippen LogP contribution >= 0.6 is 12.4 Å². The summed E-state index contributed by atoms with van der Waals surface area (Å²) in [6, 6.07) is 12.5. The minimum absolute atomic E-state index is 0. The van der Waals surface area contributed by atoms with Crippen molar-refractivity contribution < 1.29 is 100 Å². The number of ether oxygens (including phenoxy) is 2.